The highest BCUT2D eigenvalue weighted by molar-refractivity contribution is 6.30. The summed E-state index contributed by atoms with van der Waals surface area (Å²) in [5, 5.41) is 5.14. The monoisotopic (exact) mass is 430 g/mol. The molecule has 2 aliphatic heterocycles. The lowest BCUT2D eigenvalue weighted by Crippen LogP contribution is -2.41. The van der Waals surface area contributed by atoms with E-state index in [-0.39, 0.29) is 36.7 Å². The summed E-state index contributed by atoms with van der Waals surface area (Å²) in [5.41, 5.74) is 2.03. The van der Waals surface area contributed by atoms with Crippen LogP contribution >= 0.6 is 36.4 Å². The number of hydrogen-bond acceptors (Lipinski definition) is 4. The van der Waals surface area contributed by atoms with Gasteiger partial charge in [-0.05, 0) is 31.2 Å². The molecule has 0 aliphatic carbocycles. The van der Waals surface area contributed by atoms with Crippen LogP contribution in [0.25, 0.3) is 0 Å². The average Bonchev–Trinajstić information content (AvgIpc) is 2.89. The maximum absolute atomic E-state index is 14.5. The number of nitroso groups, excluding NO2 is 1. The second-order valence-corrected chi connectivity index (χ2v) is 6.68. The van der Waals surface area contributed by atoms with Crippen molar-refractivity contribution in [2.24, 2.45) is 10.3 Å². The molecule has 4 rings (SSSR count). The van der Waals surface area contributed by atoms with Crippen molar-refractivity contribution in [3.05, 3.63) is 69.3 Å². The second kappa shape index (κ2) is 8.42. The Balaban J connectivity index is 0.00000131. The first-order valence-corrected chi connectivity index (χ1v) is 8.42. The normalized spacial score (nSPS) is 20.5. The fourth-order valence-corrected chi connectivity index (χ4v) is 3.90. The Morgan fingerprint density at radius 3 is 2.63 bits per heavy atom. The molecule has 144 valence electrons. The van der Waals surface area contributed by atoms with Gasteiger partial charge in [0.1, 0.15) is 17.7 Å². The lowest BCUT2D eigenvalue weighted by molar-refractivity contribution is 0.224. The molecule has 0 N–H and O–H groups in total. The molecule has 2 aromatic carbocycles. The van der Waals surface area contributed by atoms with Crippen molar-refractivity contribution >= 4 is 47.9 Å². The predicted molar refractivity (Wildman–Crippen MR) is 111 cm³/mol. The summed E-state index contributed by atoms with van der Waals surface area (Å²) in [6.45, 7) is 2.86. The van der Waals surface area contributed by atoms with Gasteiger partial charge in [-0.3, -0.25) is 4.99 Å². The molecule has 0 bridgehead atoms. The summed E-state index contributed by atoms with van der Waals surface area (Å²) in [6, 6.07) is 11.3. The summed E-state index contributed by atoms with van der Waals surface area (Å²) in [5.74, 6) is 0.494. The van der Waals surface area contributed by atoms with Gasteiger partial charge in [0.25, 0.3) is 0 Å². The summed E-state index contributed by atoms with van der Waals surface area (Å²) in [4.78, 5) is 18.2. The van der Waals surface area contributed by atoms with E-state index in [0.717, 1.165) is 17.1 Å². The van der Waals surface area contributed by atoms with Gasteiger partial charge in [0.15, 0.2) is 0 Å². The molecule has 2 aromatic rings. The van der Waals surface area contributed by atoms with Crippen molar-refractivity contribution in [3.8, 4) is 0 Å². The van der Waals surface area contributed by atoms with E-state index in [1.165, 1.54) is 11.1 Å². The van der Waals surface area contributed by atoms with E-state index >= 15 is 0 Å². The van der Waals surface area contributed by atoms with Gasteiger partial charge in [0.05, 0.1) is 24.4 Å². The van der Waals surface area contributed by atoms with E-state index in [9.17, 15) is 9.30 Å². The number of rotatable bonds is 2. The number of hydrogen-bond donors (Lipinski definition) is 0. The van der Waals surface area contributed by atoms with Gasteiger partial charge in [-0.1, -0.05) is 29.8 Å². The molecule has 2 unspecified atom stereocenters. The maximum atomic E-state index is 14.5. The van der Waals surface area contributed by atoms with Gasteiger partial charge in [0.2, 0.25) is 0 Å². The van der Waals surface area contributed by atoms with Crippen molar-refractivity contribution in [1.29, 1.82) is 0 Å². The molecule has 9 heteroatoms. The third-order valence-electron chi connectivity index (χ3n) is 4.79. The first-order chi connectivity index (χ1) is 12.1. The number of nitrogens with zero attached hydrogens (tertiary/aromatic N) is 4. The Morgan fingerprint density at radius 1 is 1.19 bits per heavy atom. The summed E-state index contributed by atoms with van der Waals surface area (Å²) >= 11 is 6.22. The lowest BCUT2D eigenvalue weighted by Gasteiger charge is -2.26. The van der Waals surface area contributed by atoms with E-state index in [1.807, 2.05) is 13.0 Å². The Morgan fingerprint density at radius 2 is 1.93 bits per heavy atom. The van der Waals surface area contributed by atoms with E-state index in [2.05, 4.69) is 15.2 Å². The number of aliphatic imine (C=N–C) groups is 1. The minimum Gasteiger partial charge on any atom is -0.323 e. The van der Waals surface area contributed by atoms with Crippen LogP contribution in [0, 0.1) is 10.7 Å². The highest BCUT2D eigenvalue weighted by Crippen LogP contribution is 2.42. The molecule has 0 amide bonds. The van der Waals surface area contributed by atoms with E-state index in [4.69, 9.17) is 11.6 Å². The van der Waals surface area contributed by atoms with Crippen LogP contribution in [-0.4, -0.2) is 30.0 Å². The standard InChI is InChI=1S/C18H16ClFN4O.2ClH/c1-11-21-9-13-10-23(22-25)18(14-4-2-3-5-16(14)20)15-8-12(19)6-7-17(15)24(11)13;;/h2-8,13,18H,9-10H2,1H3;2*1H. The third kappa shape index (κ3) is 3.61. The number of amidine groups is 1. The van der Waals surface area contributed by atoms with E-state index < -0.39 is 6.04 Å². The Bertz CT molecular complexity index is 879. The van der Waals surface area contributed by atoms with Crippen LogP contribution in [0.15, 0.2) is 52.7 Å². The van der Waals surface area contributed by atoms with E-state index in [1.54, 1.807) is 30.3 Å². The molecule has 0 aromatic heterocycles. The minimum absolute atomic E-state index is 0. The molecule has 0 fully saturated rings. The van der Waals surface area contributed by atoms with Crippen LogP contribution in [0.1, 0.15) is 24.1 Å². The smallest absolute Gasteiger partial charge is 0.128 e. The molecule has 0 radical (unpaired) electrons. The van der Waals surface area contributed by atoms with Crippen LogP contribution < -0.4 is 4.90 Å². The van der Waals surface area contributed by atoms with Crippen LogP contribution in [0.2, 0.25) is 5.02 Å². The molecule has 0 saturated carbocycles. The fraction of sp³-hybridized carbons (Fsp3) is 0.278. The topological polar surface area (TPSA) is 48.3 Å². The largest absolute Gasteiger partial charge is 0.323 e. The Kier molecular flexibility index (Phi) is 6.68. The minimum atomic E-state index is -0.634. The summed E-state index contributed by atoms with van der Waals surface area (Å²) in [7, 11) is 0. The molecular weight excluding hydrogens is 414 g/mol. The first-order valence-electron chi connectivity index (χ1n) is 8.04. The number of anilines is 1. The maximum Gasteiger partial charge on any atom is 0.128 e. The quantitative estimate of drug-likeness (QED) is 0.628. The number of halogens is 4. The molecule has 2 aliphatic rings. The van der Waals surface area contributed by atoms with Crippen molar-refractivity contribution in [1.82, 2.24) is 5.01 Å². The summed E-state index contributed by atoms with van der Waals surface area (Å²) < 4.78 is 14.5. The molecule has 27 heavy (non-hydrogen) atoms. The van der Waals surface area contributed by atoms with Crippen LogP contribution in [0.5, 0.6) is 0 Å². The zero-order valence-corrected chi connectivity index (χ0v) is 16.8. The third-order valence-corrected chi connectivity index (χ3v) is 5.02. The average molecular weight is 432 g/mol. The first kappa shape index (κ1) is 21.4. The number of benzene rings is 2. The zero-order chi connectivity index (χ0) is 17.6. The molecular formula is C18H18Cl3FN4O. The van der Waals surface area contributed by atoms with Gasteiger partial charge in [0, 0.05) is 21.8 Å². The van der Waals surface area contributed by atoms with Crippen LogP contribution in [0.4, 0.5) is 10.1 Å². The van der Waals surface area contributed by atoms with Gasteiger partial charge in [-0.2, -0.15) is 0 Å². The van der Waals surface area contributed by atoms with Crippen molar-refractivity contribution in [2.45, 2.75) is 19.0 Å². The van der Waals surface area contributed by atoms with Crippen LogP contribution in [0.3, 0.4) is 0 Å². The van der Waals surface area contributed by atoms with Gasteiger partial charge in [-0.15, -0.1) is 29.7 Å². The highest BCUT2D eigenvalue weighted by atomic mass is 35.5. The van der Waals surface area contributed by atoms with Gasteiger partial charge >= 0.3 is 0 Å². The summed E-state index contributed by atoms with van der Waals surface area (Å²) in [6.07, 6.45) is 0. The van der Waals surface area contributed by atoms with Crippen molar-refractivity contribution < 1.29 is 4.39 Å². The van der Waals surface area contributed by atoms with Crippen molar-refractivity contribution in [2.75, 3.05) is 18.0 Å². The lowest BCUT2D eigenvalue weighted by atomic mass is 9.96. The Labute approximate surface area is 174 Å². The molecule has 2 atom stereocenters. The van der Waals surface area contributed by atoms with E-state index in [0.29, 0.717) is 23.7 Å². The van der Waals surface area contributed by atoms with Gasteiger partial charge in [-0.25, -0.2) is 9.40 Å². The van der Waals surface area contributed by atoms with Crippen LogP contribution in [-0.2, 0) is 0 Å². The fourth-order valence-electron chi connectivity index (χ4n) is 3.72. The molecule has 5 nitrogen and oxygen atoms in total. The number of fused-ring (bicyclic) bond motifs is 3. The highest BCUT2D eigenvalue weighted by Gasteiger charge is 2.39. The van der Waals surface area contributed by atoms with Gasteiger partial charge < -0.3 is 4.90 Å². The Hall–Kier alpha value is -1.89. The molecule has 0 spiro atoms. The second-order valence-electron chi connectivity index (χ2n) is 6.24. The predicted octanol–water partition coefficient (Wildman–Crippen LogP) is 5.02. The molecule has 2 heterocycles. The van der Waals surface area contributed by atoms with Crippen molar-refractivity contribution in [3.63, 3.8) is 0 Å². The SMILES string of the molecule is CC1=NCC2CN(N=O)C(c3ccccc3F)c3cc(Cl)ccc3N12.Cl.Cl. The zero-order valence-electron chi connectivity index (χ0n) is 14.4. The molecule has 0 saturated heterocycles.